The average molecular weight is 894 g/mol. The SMILES string of the molecule is CCCCCCCCCCCCCCCCCCSC1=C(SCCCCCCCCCCCCCCCCCC)SC(=C2SC3=C(S2)SC(CO)CS3)S1. The second-order valence-electron chi connectivity index (χ2n) is 15.7. The van der Waals surface area contributed by atoms with Crippen LogP contribution in [0.5, 0.6) is 0 Å². The highest BCUT2D eigenvalue weighted by Crippen LogP contribution is 2.67. The van der Waals surface area contributed by atoms with Gasteiger partial charge in [-0.25, -0.2) is 0 Å². The molecule has 0 aliphatic carbocycles. The molecule has 3 aliphatic rings. The summed E-state index contributed by atoms with van der Waals surface area (Å²) >= 11 is 16.3. The summed E-state index contributed by atoms with van der Waals surface area (Å²) in [6.45, 7) is 4.91. The van der Waals surface area contributed by atoms with Crippen LogP contribution in [0.1, 0.15) is 219 Å². The van der Waals surface area contributed by atoms with Crippen LogP contribution in [0, 0.1) is 0 Å². The van der Waals surface area contributed by atoms with Gasteiger partial charge in [0, 0.05) is 11.0 Å². The fourth-order valence-electron chi connectivity index (χ4n) is 7.12. The van der Waals surface area contributed by atoms with Crippen LogP contribution in [-0.2, 0) is 0 Å². The van der Waals surface area contributed by atoms with Crippen LogP contribution >= 0.6 is 94.1 Å². The maximum atomic E-state index is 9.74. The molecule has 1 nitrogen and oxygen atoms in total. The number of rotatable bonds is 37. The Morgan fingerprint density at radius 3 is 1.07 bits per heavy atom. The molecule has 9 heteroatoms. The molecule has 3 aliphatic heterocycles. The molecule has 1 atom stereocenters. The van der Waals surface area contributed by atoms with Crippen molar-refractivity contribution in [2.45, 2.75) is 225 Å². The number of aliphatic hydroxyl groups excluding tert-OH is 1. The number of hydrogen-bond acceptors (Lipinski definition) is 9. The molecule has 3 rings (SSSR count). The Balaban J connectivity index is 1.24. The summed E-state index contributed by atoms with van der Waals surface area (Å²) in [5.74, 6) is 3.58. The second kappa shape index (κ2) is 35.7. The van der Waals surface area contributed by atoms with E-state index in [9.17, 15) is 5.11 Å². The summed E-state index contributed by atoms with van der Waals surface area (Å²) in [7, 11) is 0. The molecule has 0 bridgehead atoms. The van der Waals surface area contributed by atoms with E-state index in [1.54, 1.807) is 8.47 Å². The maximum absolute atomic E-state index is 9.74. The Morgan fingerprint density at radius 1 is 0.407 bits per heavy atom. The van der Waals surface area contributed by atoms with Crippen LogP contribution in [-0.4, -0.2) is 34.2 Å². The first-order chi connectivity index (χ1) is 26.7. The van der Waals surface area contributed by atoms with Gasteiger partial charge in [0.05, 0.1) is 32.0 Å². The third-order valence-corrected chi connectivity index (χ3v) is 22.8. The molecular weight excluding hydrogens is 813 g/mol. The predicted octanol–water partition coefficient (Wildman–Crippen LogP) is 19.2. The lowest BCUT2D eigenvalue weighted by atomic mass is 10.0. The normalized spacial score (nSPS) is 17.5. The number of thioether (sulfide) groups is 8. The van der Waals surface area contributed by atoms with Gasteiger partial charge in [-0.3, -0.25) is 0 Å². The highest BCUT2D eigenvalue weighted by molar-refractivity contribution is 8.45. The minimum Gasteiger partial charge on any atom is -0.395 e. The van der Waals surface area contributed by atoms with Crippen LogP contribution in [0.15, 0.2) is 25.4 Å². The summed E-state index contributed by atoms with van der Waals surface area (Å²) in [5, 5.41) is 10.1. The summed E-state index contributed by atoms with van der Waals surface area (Å²) in [6, 6.07) is 0. The van der Waals surface area contributed by atoms with E-state index in [-0.39, 0.29) is 6.61 Å². The van der Waals surface area contributed by atoms with Gasteiger partial charge in [0.2, 0.25) is 0 Å². The van der Waals surface area contributed by atoms with Gasteiger partial charge in [0.1, 0.15) is 0 Å². The Morgan fingerprint density at radius 2 is 0.722 bits per heavy atom. The first-order valence-electron chi connectivity index (χ1n) is 22.8. The zero-order valence-corrected chi connectivity index (χ0v) is 41.3. The van der Waals surface area contributed by atoms with E-state index in [2.05, 4.69) is 60.9 Å². The topological polar surface area (TPSA) is 20.2 Å². The van der Waals surface area contributed by atoms with Crippen LogP contribution in [0.2, 0.25) is 0 Å². The van der Waals surface area contributed by atoms with E-state index in [0.29, 0.717) is 5.25 Å². The molecule has 0 spiro atoms. The zero-order chi connectivity index (χ0) is 38.2. The Kier molecular flexibility index (Phi) is 33.3. The first kappa shape index (κ1) is 50.3. The average Bonchev–Trinajstić information content (AvgIpc) is 3.81. The van der Waals surface area contributed by atoms with Crippen molar-refractivity contribution in [3.05, 3.63) is 25.4 Å². The zero-order valence-electron chi connectivity index (χ0n) is 34.7. The van der Waals surface area contributed by atoms with Crippen LogP contribution < -0.4 is 0 Å². The lowest BCUT2D eigenvalue weighted by molar-refractivity contribution is 0.301. The van der Waals surface area contributed by atoms with Crippen molar-refractivity contribution in [3.8, 4) is 0 Å². The largest absolute Gasteiger partial charge is 0.395 e. The molecule has 3 heterocycles. The molecular formula is C45H80OS8. The fraction of sp³-hybridized carbons (Fsp3) is 0.867. The smallest absolute Gasteiger partial charge is 0.0717 e. The summed E-state index contributed by atoms with van der Waals surface area (Å²) in [6.07, 6.45) is 46.0. The minimum atomic E-state index is 0.289. The van der Waals surface area contributed by atoms with E-state index in [1.807, 2.05) is 47.0 Å². The van der Waals surface area contributed by atoms with Crippen molar-refractivity contribution in [1.82, 2.24) is 0 Å². The van der Waals surface area contributed by atoms with Crippen LogP contribution in [0.4, 0.5) is 0 Å². The lowest BCUT2D eigenvalue weighted by Crippen LogP contribution is -2.13. The van der Waals surface area contributed by atoms with E-state index >= 15 is 0 Å². The molecule has 0 radical (unpaired) electrons. The van der Waals surface area contributed by atoms with Crippen molar-refractivity contribution < 1.29 is 5.11 Å². The Bertz CT molecular complexity index is 975. The highest BCUT2D eigenvalue weighted by atomic mass is 32.3. The van der Waals surface area contributed by atoms with Crippen molar-refractivity contribution in [2.24, 2.45) is 0 Å². The number of unbranched alkanes of at least 4 members (excludes halogenated alkanes) is 30. The molecule has 1 unspecified atom stereocenters. The van der Waals surface area contributed by atoms with Crippen molar-refractivity contribution in [3.63, 3.8) is 0 Å². The number of hydrogen-bond donors (Lipinski definition) is 1. The lowest BCUT2D eigenvalue weighted by Gasteiger charge is -2.18. The molecule has 0 aromatic rings. The van der Waals surface area contributed by atoms with Gasteiger partial charge in [0.15, 0.2) is 0 Å². The Labute approximate surface area is 369 Å². The molecule has 0 amide bonds. The van der Waals surface area contributed by atoms with Crippen molar-refractivity contribution in [2.75, 3.05) is 23.9 Å². The van der Waals surface area contributed by atoms with Crippen LogP contribution in [0.3, 0.4) is 0 Å². The van der Waals surface area contributed by atoms with Gasteiger partial charge in [-0.05, 0) is 24.3 Å². The molecule has 0 saturated carbocycles. The van der Waals surface area contributed by atoms with E-state index < -0.39 is 0 Å². The predicted molar refractivity (Wildman–Crippen MR) is 266 cm³/mol. The van der Waals surface area contributed by atoms with Gasteiger partial charge in [-0.15, -0.1) is 47.0 Å². The quantitative estimate of drug-likeness (QED) is 0.0610. The maximum Gasteiger partial charge on any atom is 0.0717 e. The van der Waals surface area contributed by atoms with E-state index in [4.69, 9.17) is 0 Å². The fourth-order valence-corrected chi connectivity index (χ4v) is 19.6. The van der Waals surface area contributed by atoms with Crippen LogP contribution in [0.25, 0.3) is 0 Å². The third kappa shape index (κ3) is 24.3. The monoisotopic (exact) mass is 892 g/mol. The van der Waals surface area contributed by atoms with Gasteiger partial charge in [0.25, 0.3) is 0 Å². The summed E-state index contributed by atoms with van der Waals surface area (Å²) in [4.78, 5) is 0. The molecule has 0 saturated heterocycles. The molecule has 1 N–H and O–H groups in total. The highest BCUT2D eigenvalue weighted by Gasteiger charge is 2.34. The van der Waals surface area contributed by atoms with E-state index in [0.717, 1.165) is 5.75 Å². The van der Waals surface area contributed by atoms with Gasteiger partial charge in [-0.1, -0.05) is 254 Å². The van der Waals surface area contributed by atoms with Gasteiger partial charge >= 0.3 is 0 Å². The van der Waals surface area contributed by atoms with Crippen molar-refractivity contribution >= 4 is 94.1 Å². The molecule has 0 aromatic carbocycles. The van der Waals surface area contributed by atoms with Gasteiger partial charge < -0.3 is 5.11 Å². The van der Waals surface area contributed by atoms with E-state index in [1.165, 1.54) is 234 Å². The molecule has 54 heavy (non-hydrogen) atoms. The second-order valence-corrected chi connectivity index (χ2v) is 25.9. The number of aliphatic hydroxyl groups is 1. The standard InChI is InChI=1S/C45H80OS8/c1-3-5-7-9-11-13-15-17-19-21-23-25-27-29-31-33-35-47-40-41(52-44(51-40)45-53-42-43(54-45)50-39(37-46)38-49-42)48-36-34-32-30-28-26-24-22-20-18-16-14-12-10-8-6-4-2/h39,46H,3-38H2,1-2H3. The summed E-state index contributed by atoms with van der Waals surface area (Å²) in [5.41, 5.74) is 0. The molecule has 0 fully saturated rings. The minimum absolute atomic E-state index is 0.289. The van der Waals surface area contributed by atoms with Gasteiger partial charge in [-0.2, -0.15) is 0 Å². The Hall–Kier alpha value is 1.98. The molecule has 0 aromatic heterocycles. The first-order valence-corrected chi connectivity index (χ1v) is 30.0. The molecule has 314 valence electrons. The van der Waals surface area contributed by atoms with Crippen molar-refractivity contribution in [1.29, 1.82) is 0 Å². The summed E-state index contributed by atoms with van der Waals surface area (Å²) < 4.78 is 9.11. The third-order valence-electron chi connectivity index (χ3n) is 10.6.